The van der Waals surface area contributed by atoms with Crippen molar-refractivity contribution >= 4 is 74.9 Å². The number of anilines is 1. The number of carbonyl (C=O) groups excluding carboxylic acids is 4. The topological polar surface area (TPSA) is 421 Å². The van der Waals surface area contributed by atoms with Gasteiger partial charge in [0.05, 0.1) is 31.7 Å². The second-order valence-corrected chi connectivity index (χ2v) is 23.2. The number of carbonyl (C=O) groups is 4. The molecule has 0 bridgehead atoms. The minimum Gasteiger partial charge on any atom is -0.392 e. The van der Waals surface area contributed by atoms with Crippen molar-refractivity contribution in [1.29, 1.82) is 0 Å². The van der Waals surface area contributed by atoms with Gasteiger partial charge < -0.3 is 61.1 Å². The molecule has 0 spiro atoms. The van der Waals surface area contributed by atoms with Crippen LogP contribution in [0.3, 0.4) is 0 Å². The first kappa shape index (κ1) is 61.2. The number of aliphatic hydroxyl groups is 4. The fourth-order valence-electron chi connectivity index (χ4n) is 7.58. The summed E-state index contributed by atoms with van der Waals surface area (Å²) in [7, 11) is -16.5. The van der Waals surface area contributed by atoms with Crippen LogP contribution < -0.4 is 16.4 Å². The fraction of sp³-hybridized carbons (Fsp3) is 0.683. The molecule has 1 aliphatic carbocycles. The van der Waals surface area contributed by atoms with Gasteiger partial charge in [-0.05, 0) is 25.7 Å². The first-order valence-electron chi connectivity index (χ1n) is 23.0. The average Bonchev–Trinajstić information content (AvgIpc) is 3.94. The lowest BCUT2D eigenvalue weighted by Crippen LogP contribution is -2.46. The number of aliphatic hydroxyl groups excluding tert-OH is 4. The first-order chi connectivity index (χ1) is 33.7. The molecule has 72 heavy (non-hydrogen) atoms. The summed E-state index contributed by atoms with van der Waals surface area (Å²) in [5.41, 5.74) is 4.23. The van der Waals surface area contributed by atoms with Crippen LogP contribution in [-0.4, -0.2) is 151 Å². The van der Waals surface area contributed by atoms with Gasteiger partial charge in [0.15, 0.2) is 22.8 Å². The molecule has 4 rings (SSSR count). The van der Waals surface area contributed by atoms with Gasteiger partial charge in [-0.1, -0.05) is 76.1 Å². The fourth-order valence-corrected chi connectivity index (χ4v) is 11.1. The molecule has 1 saturated carbocycles. The highest BCUT2D eigenvalue weighted by atomic mass is 32.2. The van der Waals surface area contributed by atoms with Gasteiger partial charge in [0.1, 0.15) is 42.0 Å². The SMILES string of the molecule is CCCCCC(O)/C=C/C1C(=O)CC(O)C1C/C=C/CCCC(=O)SCCNC(=O)CCNC(=O)C(O)C(C)(C)COP(=O)(O)OP(=O)(O)OCC1OC(n2cnc3c(N)ncnc32)C(O)C1OP(=O)(O)O. The molecule has 12 N–H and O–H groups in total. The Morgan fingerprint density at radius 3 is 2.43 bits per heavy atom. The number of rotatable bonds is 31. The number of imidazole rings is 1. The number of allylic oxidation sites excluding steroid dienone is 3. The highest BCUT2D eigenvalue weighted by Gasteiger charge is 2.50. The highest BCUT2D eigenvalue weighted by Crippen LogP contribution is 2.61. The van der Waals surface area contributed by atoms with Gasteiger partial charge in [-0.15, -0.1) is 0 Å². The van der Waals surface area contributed by atoms with Crippen molar-refractivity contribution < 1.29 is 95.5 Å². The van der Waals surface area contributed by atoms with E-state index in [4.69, 9.17) is 19.5 Å². The van der Waals surface area contributed by atoms with Crippen LogP contribution in [0.25, 0.3) is 11.2 Å². The molecule has 2 aromatic rings. The Balaban J connectivity index is 1.11. The maximum Gasteiger partial charge on any atom is 0.481 e. The number of nitrogens with one attached hydrogen (secondary N) is 2. The van der Waals surface area contributed by atoms with Crippen LogP contribution >= 0.6 is 35.2 Å². The largest absolute Gasteiger partial charge is 0.481 e. The molecule has 2 aromatic heterocycles. The minimum atomic E-state index is -5.60. The van der Waals surface area contributed by atoms with Crippen LogP contribution in [0.2, 0.25) is 0 Å². The number of aromatic nitrogens is 4. The lowest BCUT2D eigenvalue weighted by Gasteiger charge is -2.30. The maximum absolute atomic E-state index is 12.8. The Hall–Kier alpha value is -3.37. The number of hydrogen-bond acceptors (Lipinski definition) is 21. The van der Waals surface area contributed by atoms with Gasteiger partial charge in [0.2, 0.25) is 11.8 Å². The zero-order valence-corrected chi connectivity index (χ0v) is 43.4. The van der Waals surface area contributed by atoms with Gasteiger partial charge in [-0.25, -0.2) is 28.6 Å². The quantitative estimate of drug-likeness (QED) is 0.0291. The van der Waals surface area contributed by atoms with Crippen LogP contribution in [0.15, 0.2) is 37.0 Å². The number of ether oxygens (including phenoxy) is 1. The molecule has 3 heterocycles. The van der Waals surface area contributed by atoms with Gasteiger partial charge in [0, 0.05) is 55.4 Å². The third-order valence-electron chi connectivity index (χ3n) is 11.5. The zero-order chi connectivity index (χ0) is 53.4. The van der Waals surface area contributed by atoms with E-state index in [0.29, 0.717) is 25.7 Å². The molecule has 1 saturated heterocycles. The van der Waals surface area contributed by atoms with Crippen molar-refractivity contribution in [3.05, 3.63) is 37.0 Å². The number of thioether (sulfide) groups is 1. The van der Waals surface area contributed by atoms with Crippen molar-refractivity contribution in [1.82, 2.24) is 30.2 Å². The van der Waals surface area contributed by atoms with E-state index in [2.05, 4.69) is 41.3 Å². The summed E-state index contributed by atoms with van der Waals surface area (Å²) in [5.74, 6) is -2.02. The number of fused-ring (bicyclic) bond motifs is 1. The summed E-state index contributed by atoms with van der Waals surface area (Å²) in [6.07, 6.45) is 4.35. The number of nitrogens with two attached hydrogens (primary N) is 1. The van der Waals surface area contributed by atoms with Gasteiger partial charge in [0.25, 0.3) is 0 Å². The molecule has 0 radical (unpaired) electrons. The third-order valence-corrected chi connectivity index (χ3v) is 15.5. The Bertz CT molecular complexity index is 2350. The smallest absolute Gasteiger partial charge is 0.392 e. The summed E-state index contributed by atoms with van der Waals surface area (Å²) in [6, 6.07) is 0. The number of phosphoric acid groups is 3. The predicted octanol–water partition coefficient (Wildman–Crippen LogP) is 1.84. The molecule has 31 heteroatoms. The summed E-state index contributed by atoms with van der Waals surface area (Å²) in [6.45, 7) is 2.42. The monoisotopic (exact) mass is 1100 g/mol. The van der Waals surface area contributed by atoms with Crippen LogP contribution in [0.4, 0.5) is 5.82 Å². The zero-order valence-electron chi connectivity index (χ0n) is 39.9. The van der Waals surface area contributed by atoms with Crippen LogP contribution in [0.5, 0.6) is 0 Å². The molecule has 27 nitrogen and oxygen atoms in total. The summed E-state index contributed by atoms with van der Waals surface area (Å²) in [5, 5.41) is 47.1. The van der Waals surface area contributed by atoms with Gasteiger partial charge in [-0.3, -0.25) is 37.3 Å². The molecule has 2 amide bonds. The van der Waals surface area contributed by atoms with Crippen LogP contribution in [-0.2, 0) is 55.5 Å². The standard InChI is InChI=1S/C41H66N7O20P3S/c1-4-5-8-11-25(49)14-15-27-26(28(50)20-29(27)51)12-9-6-7-10-13-32(53)72-19-18-43-31(52)16-17-44-39(56)36(55)41(2,3)22-65-71(62,63)68-70(60,61)64-21-30-35(67-69(57,58)59)34(54)40(66-30)48-24-47-33-37(42)45-23-46-38(33)48/h6,9,14-15,23-28,30,34-36,40,49-50,54-55H,4-5,7-8,10-13,16-22H2,1-3H3,(H,43,52)(H,44,56)(H,60,61)(H,62,63)(H2,42,45,46)(H2,57,58,59)/b9-6+,15-14+. The minimum absolute atomic E-state index is 0.0208. The van der Waals surface area contributed by atoms with Crippen molar-refractivity contribution in [3.8, 4) is 0 Å². The molecule has 2 fully saturated rings. The second kappa shape index (κ2) is 28.0. The van der Waals surface area contributed by atoms with E-state index in [0.717, 1.165) is 48.2 Å². The van der Waals surface area contributed by atoms with Crippen molar-refractivity contribution in [2.45, 2.75) is 128 Å². The molecule has 0 aromatic carbocycles. The highest BCUT2D eigenvalue weighted by molar-refractivity contribution is 8.13. The second-order valence-electron chi connectivity index (χ2n) is 17.8. The number of unbranched alkanes of at least 4 members (excludes halogenated alkanes) is 3. The van der Waals surface area contributed by atoms with Crippen molar-refractivity contribution in [2.24, 2.45) is 17.3 Å². The summed E-state index contributed by atoms with van der Waals surface area (Å²) >= 11 is 1.05. The maximum atomic E-state index is 12.8. The number of phosphoric ester groups is 3. The average molecular weight is 1100 g/mol. The number of hydrogen-bond donors (Lipinski definition) is 11. The Morgan fingerprint density at radius 2 is 1.72 bits per heavy atom. The first-order valence-corrected chi connectivity index (χ1v) is 28.5. The number of nitrogens with zero attached hydrogens (tertiary/aromatic N) is 4. The van der Waals surface area contributed by atoms with E-state index in [9.17, 15) is 72.9 Å². The Kier molecular flexibility index (Phi) is 23.8. The van der Waals surface area contributed by atoms with Crippen LogP contribution in [0.1, 0.15) is 91.2 Å². The molecular weight excluding hydrogens is 1040 g/mol. The Labute approximate surface area is 419 Å². The van der Waals surface area contributed by atoms with E-state index in [-0.39, 0.29) is 71.9 Å². The lowest BCUT2D eigenvalue weighted by molar-refractivity contribution is -0.137. The molecule has 2 aliphatic rings. The van der Waals surface area contributed by atoms with Crippen molar-refractivity contribution in [3.63, 3.8) is 0 Å². The predicted molar refractivity (Wildman–Crippen MR) is 257 cm³/mol. The normalized spacial score (nSPS) is 24.4. The molecule has 11 atom stereocenters. The van der Waals surface area contributed by atoms with E-state index < -0.39 is 103 Å². The van der Waals surface area contributed by atoms with E-state index in [1.165, 1.54) is 13.8 Å². The van der Waals surface area contributed by atoms with Crippen molar-refractivity contribution in [2.75, 3.05) is 37.8 Å². The lowest BCUT2D eigenvalue weighted by atomic mass is 9.87. The molecular formula is C41H66N7O20P3S. The number of Topliss-reactive ketones (excluding diaryl/α,β-unsaturated/α-hetero) is 1. The van der Waals surface area contributed by atoms with E-state index >= 15 is 0 Å². The molecule has 1 aliphatic heterocycles. The molecule has 11 unspecified atom stereocenters. The van der Waals surface area contributed by atoms with Gasteiger partial charge in [-0.2, -0.15) is 4.31 Å². The van der Waals surface area contributed by atoms with E-state index in [1.807, 2.05) is 12.2 Å². The number of ketones is 1. The van der Waals surface area contributed by atoms with Crippen LogP contribution in [0, 0.1) is 17.3 Å². The summed E-state index contributed by atoms with van der Waals surface area (Å²) in [4.78, 5) is 101. The number of amides is 2. The third kappa shape index (κ3) is 19.4. The number of nitrogen functional groups attached to an aromatic ring is 1. The molecule has 406 valence electrons. The van der Waals surface area contributed by atoms with E-state index in [1.54, 1.807) is 12.2 Å². The Morgan fingerprint density at radius 1 is 1.00 bits per heavy atom. The summed E-state index contributed by atoms with van der Waals surface area (Å²) < 4.78 is 62.4. The van der Waals surface area contributed by atoms with Gasteiger partial charge >= 0.3 is 23.5 Å².